The summed E-state index contributed by atoms with van der Waals surface area (Å²) in [5, 5.41) is 11.7. The van der Waals surface area contributed by atoms with Gasteiger partial charge in [-0.3, -0.25) is 0 Å². The molecule has 0 spiro atoms. The number of anilines is 2. The van der Waals surface area contributed by atoms with Crippen LogP contribution in [-0.2, 0) is 0 Å². The van der Waals surface area contributed by atoms with E-state index in [0.717, 1.165) is 32.4 Å². The highest BCUT2D eigenvalue weighted by Gasteiger charge is 2.17. The number of halogens is 1. The van der Waals surface area contributed by atoms with E-state index in [4.69, 9.17) is 5.11 Å². The highest BCUT2D eigenvalue weighted by molar-refractivity contribution is 5.89. The van der Waals surface area contributed by atoms with Crippen LogP contribution in [0.4, 0.5) is 20.6 Å². The van der Waals surface area contributed by atoms with Gasteiger partial charge in [-0.15, -0.1) is 0 Å². The monoisotopic (exact) mass is 309 g/mol. The lowest BCUT2D eigenvalue weighted by molar-refractivity contribution is 0.188. The lowest BCUT2D eigenvalue weighted by atomic mass is 10.2. The summed E-state index contributed by atoms with van der Waals surface area (Å²) in [5.41, 5.74) is 1.03. The molecule has 0 saturated carbocycles. The third-order valence-corrected chi connectivity index (χ3v) is 3.80. The maximum absolute atomic E-state index is 14.2. The molecule has 22 heavy (non-hydrogen) atoms. The molecule has 6 heteroatoms. The minimum atomic E-state index is -0.316. The van der Waals surface area contributed by atoms with E-state index in [1.807, 2.05) is 11.8 Å². The number of nitrogens with zero attached hydrogens (tertiary/aromatic N) is 2. The minimum absolute atomic E-state index is 0.0876. The van der Waals surface area contributed by atoms with Crippen molar-refractivity contribution in [3.05, 3.63) is 24.0 Å². The normalized spacial score (nSPS) is 14.2. The van der Waals surface area contributed by atoms with Gasteiger partial charge in [-0.1, -0.05) is 6.92 Å². The second-order valence-corrected chi connectivity index (χ2v) is 5.50. The third kappa shape index (κ3) is 4.10. The third-order valence-electron chi connectivity index (χ3n) is 3.80. The molecule has 1 fully saturated rings. The van der Waals surface area contributed by atoms with E-state index in [-0.39, 0.29) is 25.0 Å². The first-order valence-corrected chi connectivity index (χ1v) is 7.87. The van der Waals surface area contributed by atoms with E-state index in [9.17, 15) is 9.18 Å². The Kier molecular flexibility index (Phi) is 6.00. The first-order chi connectivity index (χ1) is 10.7. The van der Waals surface area contributed by atoms with Crippen LogP contribution in [0, 0.1) is 5.82 Å². The highest BCUT2D eigenvalue weighted by Crippen LogP contribution is 2.26. The number of hydrogen-bond donors (Lipinski definition) is 2. The summed E-state index contributed by atoms with van der Waals surface area (Å²) in [4.78, 5) is 15.7. The van der Waals surface area contributed by atoms with Crippen LogP contribution in [0.5, 0.6) is 0 Å². The number of hydrogen-bond acceptors (Lipinski definition) is 3. The number of benzene rings is 1. The Morgan fingerprint density at radius 1 is 1.36 bits per heavy atom. The summed E-state index contributed by atoms with van der Waals surface area (Å²) >= 11 is 0. The molecule has 2 N–H and O–H groups in total. The maximum Gasteiger partial charge on any atom is 0.321 e. The molecule has 1 saturated heterocycles. The number of rotatable bonds is 6. The van der Waals surface area contributed by atoms with Gasteiger partial charge in [0.1, 0.15) is 5.82 Å². The number of carbonyl (C=O) groups is 1. The molecular weight excluding hydrogens is 285 g/mol. The number of amides is 2. The van der Waals surface area contributed by atoms with Crippen molar-refractivity contribution in [2.75, 3.05) is 43.0 Å². The Morgan fingerprint density at radius 3 is 2.68 bits per heavy atom. The van der Waals surface area contributed by atoms with Gasteiger partial charge in [-0.05, 0) is 37.5 Å². The molecule has 0 atom stereocenters. The predicted molar refractivity (Wildman–Crippen MR) is 85.8 cm³/mol. The average molecular weight is 309 g/mol. The molecule has 1 aliphatic rings. The molecule has 0 aliphatic carbocycles. The van der Waals surface area contributed by atoms with Gasteiger partial charge in [0.25, 0.3) is 0 Å². The van der Waals surface area contributed by atoms with Crippen LogP contribution in [-0.4, -0.2) is 48.8 Å². The number of aliphatic hydroxyl groups excluding tert-OH is 1. The maximum atomic E-state index is 14.2. The van der Waals surface area contributed by atoms with Crippen LogP contribution >= 0.6 is 0 Å². The molecule has 122 valence electrons. The van der Waals surface area contributed by atoms with Crippen LogP contribution in [0.15, 0.2) is 18.2 Å². The Morgan fingerprint density at radius 2 is 2.09 bits per heavy atom. The van der Waals surface area contributed by atoms with Crippen LogP contribution in [0.2, 0.25) is 0 Å². The van der Waals surface area contributed by atoms with E-state index >= 15 is 0 Å². The SMILES string of the molecule is CCCN(CCO)C(=O)Nc1ccc(N2CCCC2)c(F)c1. The van der Waals surface area contributed by atoms with Gasteiger partial charge >= 0.3 is 6.03 Å². The Hall–Kier alpha value is -1.82. The van der Waals surface area contributed by atoms with Crippen LogP contribution in [0.25, 0.3) is 0 Å². The van der Waals surface area contributed by atoms with Crippen LogP contribution in [0.3, 0.4) is 0 Å². The van der Waals surface area contributed by atoms with E-state index in [2.05, 4.69) is 5.32 Å². The average Bonchev–Trinajstić information content (AvgIpc) is 3.01. The smallest absolute Gasteiger partial charge is 0.321 e. The molecule has 2 rings (SSSR count). The summed E-state index contributed by atoms with van der Waals surface area (Å²) in [6.07, 6.45) is 2.98. The van der Waals surface area contributed by atoms with Gasteiger partial charge in [0.05, 0.1) is 12.3 Å². The summed E-state index contributed by atoms with van der Waals surface area (Å²) in [7, 11) is 0. The van der Waals surface area contributed by atoms with Crippen molar-refractivity contribution in [2.45, 2.75) is 26.2 Å². The van der Waals surface area contributed by atoms with Gasteiger partial charge in [0.15, 0.2) is 0 Å². The van der Waals surface area contributed by atoms with Gasteiger partial charge in [0.2, 0.25) is 0 Å². The van der Waals surface area contributed by atoms with Crippen molar-refractivity contribution in [3.8, 4) is 0 Å². The van der Waals surface area contributed by atoms with Gasteiger partial charge in [-0.25, -0.2) is 9.18 Å². The van der Waals surface area contributed by atoms with Gasteiger partial charge < -0.3 is 20.2 Å². The molecule has 0 aromatic heterocycles. The fraction of sp³-hybridized carbons (Fsp3) is 0.562. The van der Waals surface area contributed by atoms with E-state index in [0.29, 0.717) is 17.9 Å². The Labute approximate surface area is 130 Å². The zero-order valence-corrected chi connectivity index (χ0v) is 13.0. The number of carbonyl (C=O) groups excluding carboxylic acids is 1. The summed E-state index contributed by atoms with van der Waals surface area (Å²) in [6.45, 7) is 4.46. The quantitative estimate of drug-likeness (QED) is 0.849. The summed E-state index contributed by atoms with van der Waals surface area (Å²) in [6, 6.07) is 4.47. The molecular formula is C16H24FN3O2. The van der Waals surface area contributed by atoms with E-state index in [1.165, 1.54) is 11.0 Å². The first kappa shape index (κ1) is 16.5. The highest BCUT2D eigenvalue weighted by atomic mass is 19.1. The molecule has 5 nitrogen and oxygen atoms in total. The lowest BCUT2D eigenvalue weighted by Crippen LogP contribution is -2.37. The summed E-state index contributed by atoms with van der Waals surface area (Å²) < 4.78 is 14.2. The zero-order chi connectivity index (χ0) is 15.9. The van der Waals surface area contributed by atoms with Crippen LogP contribution in [0.1, 0.15) is 26.2 Å². The molecule has 0 radical (unpaired) electrons. The molecule has 0 bridgehead atoms. The standard InChI is InChI=1S/C16H24FN3O2/c1-2-7-20(10-11-21)16(22)18-13-5-6-15(14(17)12-13)19-8-3-4-9-19/h5-6,12,21H,2-4,7-11H2,1H3,(H,18,22). The van der Waals surface area contributed by atoms with Crippen molar-refractivity contribution in [1.82, 2.24) is 4.90 Å². The Bertz CT molecular complexity index is 498. The van der Waals surface area contributed by atoms with Crippen molar-refractivity contribution >= 4 is 17.4 Å². The second kappa shape index (κ2) is 7.98. The predicted octanol–water partition coefficient (Wildman–Crippen LogP) is 2.66. The minimum Gasteiger partial charge on any atom is -0.395 e. The number of aliphatic hydroxyl groups is 1. The zero-order valence-electron chi connectivity index (χ0n) is 13.0. The second-order valence-electron chi connectivity index (χ2n) is 5.50. The number of urea groups is 1. The van der Waals surface area contributed by atoms with Crippen LogP contribution < -0.4 is 10.2 Å². The lowest BCUT2D eigenvalue weighted by Gasteiger charge is -2.22. The fourth-order valence-corrected chi connectivity index (χ4v) is 2.71. The van der Waals surface area contributed by atoms with E-state index < -0.39 is 0 Å². The van der Waals surface area contributed by atoms with Crippen molar-refractivity contribution in [1.29, 1.82) is 0 Å². The molecule has 1 heterocycles. The Balaban J connectivity index is 2.03. The topological polar surface area (TPSA) is 55.8 Å². The van der Waals surface area contributed by atoms with Gasteiger partial charge in [-0.2, -0.15) is 0 Å². The fourth-order valence-electron chi connectivity index (χ4n) is 2.71. The molecule has 1 aliphatic heterocycles. The first-order valence-electron chi connectivity index (χ1n) is 7.87. The molecule has 2 amide bonds. The molecule has 1 aromatic carbocycles. The number of nitrogens with one attached hydrogen (secondary N) is 1. The van der Waals surface area contributed by atoms with Crippen molar-refractivity contribution < 1.29 is 14.3 Å². The molecule has 0 unspecified atom stereocenters. The van der Waals surface area contributed by atoms with Crippen molar-refractivity contribution in [2.24, 2.45) is 0 Å². The largest absolute Gasteiger partial charge is 0.395 e. The van der Waals surface area contributed by atoms with E-state index in [1.54, 1.807) is 12.1 Å². The molecule has 1 aromatic rings. The van der Waals surface area contributed by atoms with Crippen molar-refractivity contribution in [3.63, 3.8) is 0 Å². The van der Waals surface area contributed by atoms with Gasteiger partial charge in [0, 0.05) is 31.9 Å². The summed E-state index contributed by atoms with van der Waals surface area (Å²) in [5.74, 6) is -0.316.